The Hall–Kier alpha value is -1.10. The number of nitrogens with one attached hydrogen (secondary N) is 3. The van der Waals surface area contributed by atoms with Gasteiger partial charge in [-0.3, -0.25) is 9.59 Å². The maximum absolute atomic E-state index is 11.5. The van der Waals surface area contributed by atoms with Gasteiger partial charge >= 0.3 is 0 Å². The van der Waals surface area contributed by atoms with Crippen molar-refractivity contribution in [3.8, 4) is 0 Å². The number of carbonyl (C=O) groups excluding carboxylic acids is 2. The van der Waals surface area contributed by atoms with E-state index in [1.165, 1.54) is 19.3 Å². The summed E-state index contributed by atoms with van der Waals surface area (Å²) in [5.41, 5.74) is 0. The van der Waals surface area contributed by atoms with Crippen molar-refractivity contribution >= 4 is 11.8 Å². The van der Waals surface area contributed by atoms with E-state index in [1.807, 2.05) is 0 Å². The average Bonchev–Trinajstić information content (AvgIpc) is 2.40. The molecule has 5 heteroatoms. The lowest BCUT2D eigenvalue weighted by Crippen LogP contribution is -2.56. The summed E-state index contributed by atoms with van der Waals surface area (Å²) in [5.74, 6) is -0.145. The van der Waals surface area contributed by atoms with E-state index in [0.29, 0.717) is 0 Å². The van der Waals surface area contributed by atoms with Crippen LogP contribution in [-0.2, 0) is 9.59 Å². The van der Waals surface area contributed by atoms with Gasteiger partial charge in [0.2, 0.25) is 11.8 Å². The smallest absolute Gasteiger partial charge is 0.243 e. The summed E-state index contributed by atoms with van der Waals surface area (Å²) in [6.07, 6.45) is 7.38. The van der Waals surface area contributed by atoms with Crippen molar-refractivity contribution in [2.24, 2.45) is 0 Å². The van der Waals surface area contributed by atoms with E-state index in [0.717, 1.165) is 38.8 Å². The van der Waals surface area contributed by atoms with Crippen LogP contribution in [0.4, 0.5) is 0 Å². The van der Waals surface area contributed by atoms with Gasteiger partial charge in [0, 0.05) is 0 Å². The summed E-state index contributed by atoms with van der Waals surface area (Å²) in [5, 5.41) is 8.70. The van der Waals surface area contributed by atoms with Gasteiger partial charge in [0.1, 0.15) is 6.04 Å². The molecule has 1 heterocycles. The van der Waals surface area contributed by atoms with Gasteiger partial charge < -0.3 is 16.0 Å². The Kier molecular flexibility index (Phi) is 8.21. The molecule has 109 valence electrons. The SMILES string of the molecule is [CH2]CCCCCNCCCC[C@@H]1NC(=O)CNC1=O. The van der Waals surface area contributed by atoms with Crippen LogP contribution in [0.3, 0.4) is 0 Å². The molecule has 1 rings (SSSR count). The molecule has 19 heavy (non-hydrogen) atoms. The van der Waals surface area contributed by atoms with Gasteiger partial charge in [-0.1, -0.05) is 26.2 Å². The predicted molar refractivity (Wildman–Crippen MR) is 75.5 cm³/mol. The lowest BCUT2D eigenvalue weighted by molar-refractivity contribution is -0.133. The van der Waals surface area contributed by atoms with Crippen LogP contribution in [0.1, 0.15) is 44.9 Å². The van der Waals surface area contributed by atoms with Crippen LogP contribution >= 0.6 is 0 Å². The quantitative estimate of drug-likeness (QED) is 0.512. The second kappa shape index (κ2) is 9.78. The van der Waals surface area contributed by atoms with Gasteiger partial charge in [0.05, 0.1) is 6.54 Å². The van der Waals surface area contributed by atoms with E-state index in [-0.39, 0.29) is 24.4 Å². The largest absolute Gasteiger partial charge is 0.345 e. The van der Waals surface area contributed by atoms with E-state index in [2.05, 4.69) is 22.9 Å². The average molecular weight is 268 g/mol. The fourth-order valence-electron chi connectivity index (χ4n) is 2.13. The van der Waals surface area contributed by atoms with E-state index >= 15 is 0 Å². The Morgan fingerprint density at radius 3 is 2.58 bits per heavy atom. The van der Waals surface area contributed by atoms with Crippen LogP contribution in [0.5, 0.6) is 0 Å². The molecule has 0 aromatic rings. The van der Waals surface area contributed by atoms with Crippen LogP contribution in [0, 0.1) is 6.92 Å². The summed E-state index contributed by atoms with van der Waals surface area (Å²) in [6, 6.07) is -0.335. The minimum Gasteiger partial charge on any atom is -0.345 e. The number of hydrogen-bond acceptors (Lipinski definition) is 3. The van der Waals surface area contributed by atoms with Gasteiger partial charge in [-0.05, 0) is 38.8 Å². The van der Waals surface area contributed by atoms with E-state index < -0.39 is 0 Å². The molecule has 0 aliphatic carbocycles. The third-order valence-corrected chi connectivity index (χ3v) is 3.27. The Labute approximate surface area is 115 Å². The predicted octanol–water partition coefficient (Wildman–Crippen LogP) is 0.755. The highest BCUT2D eigenvalue weighted by Gasteiger charge is 2.24. The second-order valence-corrected chi connectivity index (χ2v) is 5.00. The van der Waals surface area contributed by atoms with Crippen LogP contribution in [0.15, 0.2) is 0 Å². The van der Waals surface area contributed by atoms with Crippen LogP contribution < -0.4 is 16.0 Å². The molecule has 1 atom stereocenters. The van der Waals surface area contributed by atoms with Gasteiger partial charge in [0.15, 0.2) is 0 Å². The van der Waals surface area contributed by atoms with Crippen molar-refractivity contribution in [3.63, 3.8) is 0 Å². The molecule has 1 fully saturated rings. The zero-order valence-electron chi connectivity index (χ0n) is 11.7. The Bertz CT molecular complexity index is 282. The van der Waals surface area contributed by atoms with Crippen LogP contribution in [0.25, 0.3) is 0 Å². The molecular formula is C14H26N3O2. The van der Waals surface area contributed by atoms with Crippen molar-refractivity contribution < 1.29 is 9.59 Å². The highest BCUT2D eigenvalue weighted by atomic mass is 16.2. The van der Waals surface area contributed by atoms with Crippen LogP contribution in [0.2, 0.25) is 0 Å². The molecule has 3 N–H and O–H groups in total. The summed E-state index contributed by atoms with van der Waals surface area (Å²) in [7, 11) is 0. The summed E-state index contributed by atoms with van der Waals surface area (Å²) in [6.45, 7) is 5.97. The third kappa shape index (κ3) is 7.15. The van der Waals surface area contributed by atoms with Crippen LogP contribution in [-0.4, -0.2) is 37.5 Å². The first-order valence-corrected chi connectivity index (χ1v) is 7.31. The molecule has 0 bridgehead atoms. The highest BCUT2D eigenvalue weighted by Crippen LogP contribution is 2.03. The molecule has 0 aromatic carbocycles. The molecule has 1 saturated heterocycles. The molecule has 2 amide bonds. The van der Waals surface area contributed by atoms with Gasteiger partial charge in [0.25, 0.3) is 0 Å². The number of unbranched alkanes of at least 4 members (excludes halogenated alkanes) is 4. The number of rotatable bonds is 10. The zero-order valence-corrected chi connectivity index (χ0v) is 11.7. The molecule has 1 radical (unpaired) electrons. The van der Waals surface area contributed by atoms with Crippen molar-refractivity contribution in [2.75, 3.05) is 19.6 Å². The Balaban J connectivity index is 1.92. The van der Waals surface area contributed by atoms with Crippen molar-refractivity contribution in [2.45, 2.75) is 51.0 Å². The van der Waals surface area contributed by atoms with Gasteiger partial charge in [-0.25, -0.2) is 0 Å². The maximum atomic E-state index is 11.5. The summed E-state index contributed by atoms with van der Waals surface area (Å²) in [4.78, 5) is 22.6. The minimum absolute atomic E-state index is 0.0549. The molecular weight excluding hydrogens is 242 g/mol. The minimum atomic E-state index is -0.335. The Morgan fingerprint density at radius 2 is 1.84 bits per heavy atom. The second-order valence-electron chi connectivity index (χ2n) is 5.00. The number of hydrogen-bond donors (Lipinski definition) is 3. The Morgan fingerprint density at radius 1 is 1.11 bits per heavy atom. The van der Waals surface area contributed by atoms with Gasteiger partial charge in [-0.2, -0.15) is 0 Å². The van der Waals surface area contributed by atoms with E-state index in [9.17, 15) is 9.59 Å². The maximum Gasteiger partial charge on any atom is 0.243 e. The molecule has 1 aliphatic heterocycles. The number of carbonyl (C=O) groups is 2. The fourth-order valence-corrected chi connectivity index (χ4v) is 2.13. The van der Waals surface area contributed by atoms with Crippen molar-refractivity contribution in [1.82, 2.24) is 16.0 Å². The molecule has 0 saturated carbocycles. The number of amides is 2. The molecule has 0 aromatic heterocycles. The zero-order chi connectivity index (χ0) is 13.9. The van der Waals surface area contributed by atoms with Crippen molar-refractivity contribution in [3.05, 3.63) is 6.92 Å². The van der Waals surface area contributed by atoms with Gasteiger partial charge in [-0.15, -0.1) is 0 Å². The normalized spacial score (nSPS) is 19.1. The number of piperazine rings is 1. The first-order valence-electron chi connectivity index (χ1n) is 7.31. The highest BCUT2D eigenvalue weighted by molar-refractivity contribution is 5.94. The molecule has 0 unspecified atom stereocenters. The van der Waals surface area contributed by atoms with Crippen molar-refractivity contribution in [1.29, 1.82) is 0 Å². The fraction of sp³-hybridized carbons (Fsp3) is 0.786. The molecule has 1 aliphatic rings. The first kappa shape index (κ1) is 16.0. The molecule has 5 nitrogen and oxygen atoms in total. The lowest BCUT2D eigenvalue weighted by atomic mass is 10.1. The standard InChI is InChI=1S/C14H26N3O2/c1-2-3-4-6-9-15-10-7-5-8-12-14(19)16-11-13(18)17-12/h12,15H,1-11H2,(H,16,19)(H,17,18)/t12-/m0/s1. The first-order chi connectivity index (χ1) is 9.24. The lowest BCUT2D eigenvalue weighted by Gasteiger charge is -2.22. The van der Waals surface area contributed by atoms with E-state index in [1.54, 1.807) is 0 Å². The monoisotopic (exact) mass is 268 g/mol. The topological polar surface area (TPSA) is 70.2 Å². The third-order valence-electron chi connectivity index (χ3n) is 3.27. The van der Waals surface area contributed by atoms with E-state index in [4.69, 9.17) is 0 Å². The summed E-state index contributed by atoms with van der Waals surface area (Å²) < 4.78 is 0. The molecule has 0 spiro atoms. The summed E-state index contributed by atoms with van der Waals surface area (Å²) >= 11 is 0.